The zero-order valence-electron chi connectivity index (χ0n) is 8.73. The van der Waals surface area contributed by atoms with Crippen molar-refractivity contribution in [2.75, 3.05) is 19.0 Å². The molecule has 0 spiro atoms. The fraction of sp³-hybridized carbons (Fsp3) is 0.700. The van der Waals surface area contributed by atoms with Gasteiger partial charge in [-0.15, -0.1) is 22.9 Å². The highest BCUT2D eigenvalue weighted by Crippen LogP contribution is 2.17. The molecule has 1 aromatic heterocycles. The molecule has 0 radical (unpaired) electrons. The summed E-state index contributed by atoms with van der Waals surface area (Å²) >= 11 is 7.51. The minimum atomic E-state index is 0.177. The topological polar surface area (TPSA) is 25.4 Å². The Morgan fingerprint density at radius 2 is 2.60 bits per heavy atom. The summed E-state index contributed by atoms with van der Waals surface area (Å²) in [4.78, 5) is 7.80. The van der Waals surface area contributed by atoms with E-state index in [0.717, 1.165) is 19.7 Å². The Labute approximate surface area is 99.0 Å². The van der Waals surface area contributed by atoms with Gasteiger partial charge in [0.2, 0.25) is 0 Å². The normalized spacial score (nSPS) is 28.1. The smallest absolute Gasteiger partial charge is 0.0838 e. The van der Waals surface area contributed by atoms with Gasteiger partial charge >= 0.3 is 0 Å². The van der Waals surface area contributed by atoms with E-state index >= 15 is 0 Å². The lowest BCUT2D eigenvalue weighted by molar-refractivity contribution is -0.0507. The SMILES string of the molecule is CC1COC(CCl)CN1Cc1cncs1. The second kappa shape index (κ2) is 5.25. The zero-order chi connectivity index (χ0) is 10.7. The van der Waals surface area contributed by atoms with Crippen molar-refractivity contribution in [1.29, 1.82) is 0 Å². The van der Waals surface area contributed by atoms with Crippen LogP contribution in [0.25, 0.3) is 0 Å². The third kappa shape index (κ3) is 2.91. The number of aromatic nitrogens is 1. The first-order valence-corrected chi connectivity index (χ1v) is 6.50. The first kappa shape index (κ1) is 11.3. The second-order valence-corrected chi connectivity index (χ2v) is 5.14. The van der Waals surface area contributed by atoms with Crippen molar-refractivity contribution in [2.24, 2.45) is 0 Å². The molecule has 2 atom stereocenters. The van der Waals surface area contributed by atoms with Gasteiger partial charge in [-0.05, 0) is 6.92 Å². The van der Waals surface area contributed by atoms with E-state index < -0.39 is 0 Å². The summed E-state index contributed by atoms with van der Waals surface area (Å²) in [5.41, 5.74) is 1.87. The average Bonchev–Trinajstić information content (AvgIpc) is 2.74. The molecule has 1 fully saturated rings. The summed E-state index contributed by atoms with van der Waals surface area (Å²) in [6.45, 7) is 4.84. The third-order valence-electron chi connectivity index (χ3n) is 2.65. The molecule has 2 heterocycles. The molecule has 15 heavy (non-hydrogen) atoms. The summed E-state index contributed by atoms with van der Waals surface area (Å²) in [5, 5.41) is 0. The molecule has 2 rings (SSSR count). The van der Waals surface area contributed by atoms with Crippen LogP contribution in [0.3, 0.4) is 0 Å². The summed E-state index contributed by atoms with van der Waals surface area (Å²) < 4.78 is 5.60. The minimum absolute atomic E-state index is 0.177. The highest BCUT2D eigenvalue weighted by molar-refractivity contribution is 7.09. The molecule has 5 heteroatoms. The van der Waals surface area contributed by atoms with Crippen LogP contribution >= 0.6 is 22.9 Å². The maximum Gasteiger partial charge on any atom is 0.0838 e. The van der Waals surface area contributed by atoms with Crippen molar-refractivity contribution in [1.82, 2.24) is 9.88 Å². The van der Waals surface area contributed by atoms with Crippen LogP contribution in [0, 0.1) is 0 Å². The van der Waals surface area contributed by atoms with Crippen molar-refractivity contribution in [3.8, 4) is 0 Å². The van der Waals surface area contributed by atoms with E-state index in [0.29, 0.717) is 11.9 Å². The number of alkyl halides is 1. The van der Waals surface area contributed by atoms with Crippen LogP contribution < -0.4 is 0 Å². The van der Waals surface area contributed by atoms with Gasteiger partial charge in [0.15, 0.2) is 0 Å². The lowest BCUT2D eigenvalue weighted by Gasteiger charge is -2.37. The molecule has 0 N–H and O–H groups in total. The molecular weight excluding hydrogens is 232 g/mol. The van der Waals surface area contributed by atoms with Gasteiger partial charge < -0.3 is 4.74 Å². The van der Waals surface area contributed by atoms with Crippen molar-refractivity contribution >= 4 is 22.9 Å². The number of halogens is 1. The monoisotopic (exact) mass is 246 g/mol. The molecule has 3 nitrogen and oxygen atoms in total. The first-order chi connectivity index (χ1) is 7.29. The number of hydrogen-bond donors (Lipinski definition) is 0. The molecule has 2 unspecified atom stereocenters. The molecule has 0 amide bonds. The third-order valence-corrected chi connectivity index (χ3v) is 3.76. The van der Waals surface area contributed by atoms with Gasteiger partial charge in [-0.3, -0.25) is 9.88 Å². The maximum atomic E-state index is 5.81. The van der Waals surface area contributed by atoms with Crippen LogP contribution in [-0.2, 0) is 11.3 Å². The molecule has 1 aliphatic heterocycles. The maximum absolute atomic E-state index is 5.81. The average molecular weight is 247 g/mol. The van der Waals surface area contributed by atoms with Gasteiger partial charge in [-0.1, -0.05) is 0 Å². The largest absolute Gasteiger partial charge is 0.374 e. The van der Waals surface area contributed by atoms with Crippen LogP contribution in [-0.4, -0.2) is 41.1 Å². The van der Waals surface area contributed by atoms with Gasteiger partial charge in [-0.25, -0.2) is 0 Å². The van der Waals surface area contributed by atoms with Crippen LogP contribution in [0.2, 0.25) is 0 Å². The van der Waals surface area contributed by atoms with Crippen LogP contribution in [0.5, 0.6) is 0 Å². The Balaban J connectivity index is 1.94. The van der Waals surface area contributed by atoms with Crippen molar-refractivity contribution in [3.63, 3.8) is 0 Å². The first-order valence-electron chi connectivity index (χ1n) is 5.08. The molecule has 0 bridgehead atoms. The van der Waals surface area contributed by atoms with Gasteiger partial charge in [0.25, 0.3) is 0 Å². The Morgan fingerprint density at radius 3 is 3.27 bits per heavy atom. The molecule has 1 aromatic rings. The van der Waals surface area contributed by atoms with E-state index in [4.69, 9.17) is 16.3 Å². The summed E-state index contributed by atoms with van der Waals surface area (Å²) in [6, 6.07) is 0.464. The standard InChI is InChI=1S/C10H15ClN2OS/c1-8-6-14-9(2-11)4-13(8)5-10-3-12-7-15-10/h3,7-9H,2,4-6H2,1H3. The van der Waals surface area contributed by atoms with E-state index in [9.17, 15) is 0 Å². The van der Waals surface area contributed by atoms with Gasteiger partial charge in [0.05, 0.1) is 18.2 Å². The van der Waals surface area contributed by atoms with Crippen LogP contribution in [0.4, 0.5) is 0 Å². The minimum Gasteiger partial charge on any atom is -0.374 e. The van der Waals surface area contributed by atoms with E-state index in [1.807, 2.05) is 11.7 Å². The number of hydrogen-bond acceptors (Lipinski definition) is 4. The second-order valence-electron chi connectivity index (χ2n) is 3.86. The summed E-state index contributed by atoms with van der Waals surface area (Å²) in [5.74, 6) is 0.575. The summed E-state index contributed by atoms with van der Waals surface area (Å²) in [6.07, 6.45) is 2.11. The molecular formula is C10H15ClN2OS. The fourth-order valence-electron chi connectivity index (χ4n) is 1.71. The van der Waals surface area contributed by atoms with Gasteiger partial charge in [0.1, 0.15) is 0 Å². The predicted molar refractivity (Wildman–Crippen MR) is 62.4 cm³/mol. The number of morpholine rings is 1. The van der Waals surface area contributed by atoms with Crippen LogP contribution in [0.1, 0.15) is 11.8 Å². The lowest BCUT2D eigenvalue weighted by Crippen LogP contribution is -2.48. The van der Waals surface area contributed by atoms with E-state index in [1.54, 1.807) is 11.3 Å². The Kier molecular flexibility index (Phi) is 3.97. The number of thiazole rings is 1. The van der Waals surface area contributed by atoms with Crippen molar-refractivity contribution < 1.29 is 4.74 Å². The Morgan fingerprint density at radius 1 is 1.73 bits per heavy atom. The van der Waals surface area contributed by atoms with E-state index in [-0.39, 0.29) is 6.10 Å². The quantitative estimate of drug-likeness (QED) is 0.763. The van der Waals surface area contributed by atoms with Gasteiger partial charge in [0, 0.05) is 36.1 Å². The fourth-order valence-corrected chi connectivity index (χ4v) is 2.51. The molecule has 84 valence electrons. The molecule has 0 saturated carbocycles. The van der Waals surface area contributed by atoms with Crippen molar-refractivity contribution in [2.45, 2.75) is 25.6 Å². The zero-order valence-corrected chi connectivity index (χ0v) is 10.3. The Hall–Kier alpha value is -0.160. The predicted octanol–water partition coefficient (Wildman–Crippen LogP) is 1.97. The Bertz CT molecular complexity index is 294. The summed E-state index contributed by atoms with van der Waals surface area (Å²) in [7, 11) is 0. The van der Waals surface area contributed by atoms with E-state index in [1.165, 1.54) is 4.88 Å². The number of nitrogens with zero attached hydrogens (tertiary/aromatic N) is 2. The van der Waals surface area contributed by atoms with Gasteiger partial charge in [-0.2, -0.15) is 0 Å². The van der Waals surface area contributed by atoms with Crippen LogP contribution in [0.15, 0.2) is 11.7 Å². The molecule has 0 aromatic carbocycles. The number of ether oxygens (including phenoxy) is 1. The highest BCUT2D eigenvalue weighted by Gasteiger charge is 2.25. The molecule has 0 aliphatic carbocycles. The van der Waals surface area contributed by atoms with Crippen molar-refractivity contribution in [3.05, 3.63) is 16.6 Å². The lowest BCUT2D eigenvalue weighted by atomic mass is 10.2. The molecule has 1 aliphatic rings. The van der Waals surface area contributed by atoms with E-state index in [2.05, 4.69) is 16.8 Å². The number of rotatable bonds is 3. The highest BCUT2D eigenvalue weighted by atomic mass is 35.5. The molecule has 1 saturated heterocycles.